The molecule has 0 N–H and O–H groups in total. The predicted molar refractivity (Wildman–Crippen MR) is 154 cm³/mol. The molecule has 2 aliphatic rings. The summed E-state index contributed by atoms with van der Waals surface area (Å²) in [4.78, 5) is 4.26. The number of aromatic nitrogens is 3. The number of anilines is 2. The third kappa shape index (κ3) is 4.76. The van der Waals surface area contributed by atoms with Crippen LogP contribution in [0.5, 0.6) is 5.75 Å². The quantitative estimate of drug-likeness (QED) is 0.298. The molecule has 0 saturated carbocycles. The molecule has 0 radical (unpaired) electrons. The Morgan fingerprint density at radius 1 is 0.897 bits per heavy atom. The minimum Gasteiger partial charge on any atom is -0.497 e. The zero-order valence-corrected chi connectivity index (χ0v) is 22.2. The first kappa shape index (κ1) is 24.8. The number of methoxy groups -OCH3 is 1. The molecule has 1 saturated heterocycles. The van der Waals surface area contributed by atoms with E-state index in [0.29, 0.717) is 43.6 Å². The van der Waals surface area contributed by atoms with Gasteiger partial charge in [0.25, 0.3) is 0 Å². The Hall–Kier alpha value is -4.52. The van der Waals surface area contributed by atoms with E-state index in [2.05, 4.69) is 43.6 Å². The molecule has 194 valence electrons. The summed E-state index contributed by atoms with van der Waals surface area (Å²) in [6.45, 7) is 2.65. The standard InChI is InChI=1S/C30H26N6O2S/c1-37-25-14-12-24(13-15-25)35-27(22-8-4-2-5-9-22)21-39-29(35)26(20-31)28-32-33-30(34-16-18-38-19-17-34)36(28)23-10-6-3-7-11-23/h2-15,21H,16-19H2,1H3/b29-26+. The number of nitrogens with zero attached hydrogens (tertiary/aromatic N) is 6. The highest BCUT2D eigenvalue weighted by Gasteiger charge is 2.32. The lowest BCUT2D eigenvalue weighted by molar-refractivity contribution is 0.122. The average molecular weight is 535 g/mol. The van der Waals surface area contributed by atoms with E-state index < -0.39 is 0 Å². The molecule has 3 aromatic carbocycles. The molecule has 0 amide bonds. The van der Waals surface area contributed by atoms with Crippen LogP contribution in [0.15, 0.2) is 95.4 Å². The maximum Gasteiger partial charge on any atom is 0.232 e. The molecule has 39 heavy (non-hydrogen) atoms. The van der Waals surface area contributed by atoms with E-state index in [0.717, 1.165) is 33.4 Å². The van der Waals surface area contributed by atoms with Gasteiger partial charge in [-0.2, -0.15) is 5.26 Å². The van der Waals surface area contributed by atoms with Crippen LogP contribution in [0.2, 0.25) is 0 Å². The third-order valence-corrected chi connectivity index (χ3v) is 7.58. The maximum atomic E-state index is 10.6. The number of morpholine rings is 1. The summed E-state index contributed by atoms with van der Waals surface area (Å²) >= 11 is 1.51. The number of rotatable bonds is 6. The van der Waals surface area contributed by atoms with Crippen LogP contribution < -0.4 is 14.5 Å². The van der Waals surface area contributed by atoms with Gasteiger partial charge in [-0.25, -0.2) is 0 Å². The number of benzene rings is 3. The van der Waals surface area contributed by atoms with Gasteiger partial charge in [-0.05, 0) is 42.0 Å². The first-order chi connectivity index (χ1) is 19.3. The van der Waals surface area contributed by atoms with E-state index in [4.69, 9.17) is 9.47 Å². The molecule has 4 aromatic rings. The van der Waals surface area contributed by atoms with Crippen molar-refractivity contribution in [3.05, 3.63) is 107 Å². The van der Waals surface area contributed by atoms with E-state index in [1.165, 1.54) is 11.8 Å². The summed E-state index contributed by atoms with van der Waals surface area (Å²) in [6.07, 6.45) is 0. The smallest absolute Gasteiger partial charge is 0.232 e. The van der Waals surface area contributed by atoms with E-state index in [-0.39, 0.29) is 0 Å². The van der Waals surface area contributed by atoms with Crippen LogP contribution in [0.1, 0.15) is 11.4 Å². The Labute approximate surface area is 231 Å². The second kappa shape index (κ2) is 11.1. The average Bonchev–Trinajstić information content (AvgIpc) is 3.65. The molecule has 9 heteroatoms. The number of allylic oxidation sites excluding steroid dienone is 1. The number of thioether (sulfide) groups is 1. The van der Waals surface area contributed by atoms with Gasteiger partial charge in [-0.1, -0.05) is 60.3 Å². The highest BCUT2D eigenvalue weighted by Crippen LogP contribution is 2.46. The lowest BCUT2D eigenvalue weighted by atomic mass is 10.1. The topological polar surface area (TPSA) is 79.4 Å². The Bertz CT molecular complexity index is 1550. The highest BCUT2D eigenvalue weighted by molar-refractivity contribution is 8.06. The van der Waals surface area contributed by atoms with Gasteiger partial charge in [0.05, 0.1) is 31.7 Å². The first-order valence-corrected chi connectivity index (χ1v) is 13.5. The Kier molecular flexibility index (Phi) is 7.04. The van der Waals surface area contributed by atoms with E-state index >= 15 is 0 Å². The molecule has 8 nitrogen and oxygen atoms in total. The van der Waals surface area contributed by atoms with Crippen LogP contribution in [-0.2, 0) is 4.74 Å². The van der Waals surface area contributed by atoms with Gasteiger partial charge in [0, 0.05) is 24.2 Å². The van der Waals surface area contributed by atoms with Crippen molar-refractivity contribution >= 4 is 34.7 Å². The summed E-state index contributed by atoms with van der Waals surface area (Å²) in [7, 11) is 1.65. The fourth-order valence-electron chi connectivity index (χ4n) is 4.71. The molecule has 0 aliphatic carbocycles. The van der Waals surface area contributed by atoms with Crippen LogP contribution >= 0.6 is 11.8 Å². The minimum absolute atomic E-state index is 0.439. The largest absolute Gasteiger partial charge is 0.497 e. The number of ether oxygens (including phenoxy) is 2. The van der Waals surface area contributed by atoms with Crippen molar-refractivity contribution in [3.8, 4) is 17.5 Å². The van der Waals surface area contributed by atoms with Crippen LogP contribution in [0.3, 0.4) is 0 Å². The SMILES string of the molecule is COc1ccc(N2C(c3ccccc3)=CS/C2=C(\C#N)c2nnc(N3CCOCC3)n2-c2ccccc2)cc1. The van der Waals surface area contributed by atoms with Crippen molar-refractivity contribution in [1.29, 1.82) is 5.26 Å². The number of para-hydroxylation sites is 1. The van der Waals surface area contributed by atoms with Crippen molar-refractivity contribution in [2.45, 2.75) is 0 Å². The van der Waals surface area contributed by atoms with Gasteiger partial charge in [0.2, 0.25) is 5.95 Å². The maximum absolute atomic E-state index is 10.6. The molecule has 6 rings (SSSR count). The molecule has 3 heterocycles. The summed E-state index contributed by atoms with van der Waals surface area (Å²) in [6, 6.07) is 30.4. The summed E-state index contributed by atoms with van der Waals surface area (Å²) in [5.74, 6) is 1.96. The second-order valence-corrected chi connectivity index (χ2v) is 9.76. The van der Waals surface area contributed by atoms with Gasteiger partial charge in [0.1, 0.15) is 22.4 Å². The molecule has 1 aromatic heterocycles. The predicted octanol–water partition coefficient (Wildman–Crippen LogP) is 5.56. The monoisotopic (exact) mass is 534 g/mol. The molecule has 1 fully saturated rings. The van der Waals surface area contributed by atoms with Crippen LogP contribution in [0.25, 0.3) is 17.0 Å². The lowest BCUT2D eigenvalue weighted by Gasteiger charge is -2.28. The number of hydrogen-bond donors (Lipinski definition) is 0. The zero-order chi connectivity index (χ0) is 26.6. The Morgan fingerprint density at radius 2 is 1.59 bits per heavy atom. The summed E-state index contributed by atoms with van der Waals surface area (Å²) in [5, 5.41) is 22.7. The second-order valence-electron chi connectivity index (χ2n) is 8.91. The minimum atomic E-state index is 0.439. The molecule has 0 spiro atoms. The van der Waals surface area contributed by atoms with E-state index in [1.807, 2.05) is 77.4 Å². The van der Waals surface area contributed by atoms with Crippen LogP contribution in [0, 0.1) is 11.3 Å². The van der Waals surface area contributed by atoms with Gasteiger partial charge >= 0.3 is 0 Å². The normalized spacial score (nSPS) is 16.6. The highest BCUT2D eigenvalue weighted by atomic mass is 32.2. The van der Waals surface area contributed by atoms with Crippen molar-refractivity contribution in [3.63, 3.8) is 0 Å². The molecule has 0 bridgehead atoms. The van der Waals surface area contributed by atoms with Crippen LogP contribution in [-0.4, -0.2) is 48.2 Å². The number of hydrogen-bond acceptors (Lipinski definition) is 8. The van der Waals surface area contributed by atoms with Gasteiger partial charge in [-0.15, -0.1) is 10.2 Å². The fraction of sp³-hybridized carbons (Fsp3) is 0.167. The van der Waals surface area contributed by atoms with Gasteiger partial charge in [-0.3, -0.25) is 4.57 Å². The van der Waals surface area contributed by atoms with Crippen molar-refractivity contribution in [2.75, 3.05) is 43.2 Å². The molecular weight excluding hydrogens is 508 g/mol. The van der Waals surface area contributed by atoms with Crippen molar-refractivity contribution in [1.82, 2.24) is 14.8 Å². The van der Waals surface area contributed by atoms with Crippen molar-refractivity contribution in [2.24, 2.45) is 0 Å². The summed E-state index contributed by atoms with van der Waals surface area (Å²) in [5.41, 5.74) is 4.27. The Morgan fingerprint density at radius 3 is 2.26 bits per heavy atom. The van der Waals surface area contributed by atoms with Crippen molar-refractivity contribution < 1.29 is 9.47 Å². The van der Waals surface area contributed by atoms with Gasteiger partial charge < -0.3 is 19.3 Å². The molecular formula is C30H26N6O2S. The Balaban J connectivity index is 1.53. The van der Waals surface area contributed by atoms with E-state index in [9.17, 15) is 5.26 Å². The number of nitriles is 1. The molecule has 0 atom stereocenters. The van der Waals surface area contributed by atoms with E-state index in [1.54, 1.807) is 7.11 Å². The third-order valence-electron chi connectivity index (χ3n) is 6.63. The van der Waals surface area contributed by atoms with Crippen LogP contribution in [0.4, 0.5) is 11.6 Å². The zero-order valence-electron chi connectivity index (χ0n) is 21.4. The first-order valence-electron chi connectivity index (χ1n) is 12.6. The fourth-order valence-corrected chi connectivity index (χ4v) is 5.73. The molecule has 0 unspecified atom stereocenters. The summed E-state index contributed by atoms with van der Waals surface area (Å²) < 4.78 is 12.9. The van der Waals surface area contributed by atoms with Gasteiger partial charge in [0.15, 0.2) is 5.82 Å². The molecule has 2 aliphatic heterocycles. The lowest BCUT2D eigenvalue weighted by Crippen LogP contribution is -2.38.